The average Bonchev–Trinajstić information content (AvgIpc) is 3.17. The third-order valence-electron chi connectivity index (χ3n) is 6.28. The number of nitrogens with zero attached hydrogens (tertiary/aromatic N) is 2. The van der Waals surface area contributed by atoms with Crippen molar-refractivity contribution in [2.45, 2.75) is 44.4 Å². The maximum absolute atomic E-state index is 13.1. The fraction of sp³-hybridized carbons (Fsp3) is 0.571. The molecule has 0 bridgehead atoms. The number of hydrogen-bond donors (Lipinski definition) is 2. The molecule has 30 heavy (non-hydrogen) atoms. The van der Waals surface area contributed by atoms with Crippen LogP contribution >= 0.6 is 0 Å². The molecule has 1 aliphatic carbocycles. The molecule has 3 aliphatic rings. The first-order valence-corrected chi connectivity index (χ1v) is 10.2. The second kappa shape index (κ2) is 7.54. The zero-order valence-electron chi connectivity index (χ0n) is 17.0. The van der Waals surface area contributed by atoms with E-state index < -0.39 is 29.7 Å². The highest BCUT2D eigenvalue weighted by molar-refractivity contribution is 6.08. The van der Waals surface area contributed by atoms with Crippen LogP contribution in [0, 0.1) is 17.7 Å². The molecule has 4 atom stereocenters. The van der Waals surface area contributed by atoms with Gasteiger partial charge in [0.2, 0.25) is 5.91 Å². The van der Waals surface area contributed by atoms with Gasteiger partial charge in [0, 0.05) is 13.1 Å². The van der Waals surface area contributed by atoms with Crippen LogP contribution in [0.15, 0.2) is 24.3 Å². The number of carbonyl (C=O) groups is 3. The van der Waals surface area contributed by atoms with E-state index in [0.717, 1.165) is 4.90 Å². The monoisotopic (exact) mass is 419 g/mol. The molecule has 4 rings (SSSR count). The highest BCUT2D eigenvalue weighted by Crippen LogP contribution is 2.38. The first kappa shape index (κ1) is 20.6. The lowest BCUT2D eigenvalue weighted by molar-refractivity contribution is -0.138. The Hall–Kier alpha value is -2.68. The Morgan fingerprint density at radius 1 is 1.20 bits per heavy atom. The minimum Gasteiger partial charge on any atom is -0.488 e. The number of ether oxygens (including phenoxy) is 1. The summed E-state index contributed by atoms with van der Waals surface area (Å²) < 4.78 is 18.9. The van der Waals surface area contributed by atoms with E-state index in [1.54, 1.807) is 18.7 Å². The van der Waals surface area contributed by atoms with Gasteiger partial charge in [0.1, 0.15) is 29.8 Å². The number of halogens is 1. The van der Waals surface area contributed by atoms with Crippen LogP contribution in [0.4, 0.5) is 9.18 Å². The van der Waals surface area contributed by atoms with Gasteiger partial charge in [-0.25, -0.2) is 9.18 Å². The third-order valence-corrected chi connectivity index (χ3v) is 6.28. The molecule has 0 aromatic heterocycles. The second-order valence-corrected chi connectivity index (χ2v) is 8.91. The van der Waals surface area contributed by atoms with Gasteiger partial charge in [0.15, 0.2) is 0 Å². The highest BCUT2D eigenvalue weighted by atomic mass is 19.1. The van der Waals surface area contributed by atoms with Crippen LogP contribution in [0.25, 0.3) is 0 Å². The predicted octanol–water partition coefficient (Wildman–Crippen LogP) is 1.13. The summed E-state index contributed by atoms with van der Waals surface area (Å²) in [6.45, 7) is 3.89. The Kier molecular flexibility index (Phi) is 5.17. The molecule has 2 aliphatic heterocycles. The van der Waals surface area contributed by atoms with E-state index in [9.17, 15) is 23.9 Å². The zero-order chi connectivity index (χ0) is 21.6. The molecule has 8 nitrogen and oxygen atoms in total. The lowest BCUT2D eigenvalue weighted by Gasteiger charge is -2.35. The van der Waals surface area contributed by atoms with Gasteiger partial charge in [-0.2, -0.15) is 0 Å². The summed E-state index contributed by atoms with van der Waals surface area (Å²) in [6, 6.07) is 5.11. The smallest absolute Gasteiger partial charge is 0.325 e. The Morgan fingerprint density at radius 3 is 2.43 bits per heavy atom. The molecule has 0 spiro atoms. The minimum absolute atomic E-state index is 0.136. The van der Waals surface area contributed by atoms with Crippen molar-refractivity contribution in [1.82, 2.24) is 15.1 Å². The summed E-state index contributed by atoms with van der Waals surface area (Å²) in [5, 5.41) is 13.1. The largest absolute Gasteiger partial charge is 0.488 e. The molecule has 1 aromatic carbocycles. The van der Waals surface area contributed by atoms with E-state index in [2.05, 4.69) is 5.32 Å². The zero-order valence-corrected chi connectivity index (χ0v) is 17.0. The van der Waals surface area contributed by atoms with Crippen LogP contribution in [0.1, 0.15) is 26.7 Å². The van der Waals surface area contributed by atoms with Crippen molar-refractivity contribution in [2.24, 2.45) is 11.8 Å². The van der Waals surface area contributed by atoms with Crippen molar-refractivity contribution in [3.05, 3.63) is 30.1 Å². The number of likely N-dealkylation sites (tertiary alicyclic amines) is 1. The first-order valence-electron chi connectivity index (χ1n) is 10.2. The molecule has 162 valence electrons. The Balaban J connectivity index is 1.36. The maximum Gasteiger partial charge on any atom is 0.325 e. The number of nitrogens with one attached hydrogen (secondary N) is 1. The summed E-state index contributed by atoms with van der Waals surface area (Å²) in [4.78, 5) is 39.7. The molecule has 2 heterocycles. The van der Waals surface area contributed by atoms with Gasteiger partial charge in [-0.05, 0) is 62.8 Å². The fourth-order valence-corrected chi connectivity index (χ4v) is 4.61. The quantitative estimate of drug-likeness (QED) is 0.713. The molecule has 0 unspecified atom stereocenters. The Labute approximate surface area is 174 Å². The Bertz CT molecular complexity index is 859. The molecule has 9 heteroatoms. The topological polar surface area (TPSA) is 99.2 Å². The number of imide groups is 1. The van der Waals surface area contributed by atoms with Crippen LogP contribution < -0.4 is 10.1 Å². The van der Waals surface area contributed by atoms with Crippen molar-refractivity contribution < 1.29 is 28.6 Å². The van der Waals surface area contributed by atoms with Gasteiger partial charge < -0.3 is 20.1 Å². The number of rotatable bonds is 4. The lowest BCUT2D eigenvalue weighted by Crippen LogP contribution is -2.44. The highest BCUT2D eigenvalue weighted by Gasteiger charge is 2.47. The fourth-order valence-electron chi connectivity index (χ4n) is 4.61. The van der Waals surface area contributed by atoms with Crippen LogP contribution in [0.2, 0.25) is 0 Å². The van der Waals surface area contributed by atoms with Gasteiger partial charge in [0.05, 0.1) is 6.10 Å². The van der Waals surface area contributed by atoms with Gasteiger partial charge in [0.25, 0.3) is 5.91 Å². The van der Waals surface area contributed by atoms with Crippen molar-refractivity contribution >= 4 is 17.8 Å². The van der Waals surface area contributed by atoms with Crippen LogP contribution in [0.5, 0.6) is 5.75 Å². The van der Waals surface area contributed by atoms with Gasteiger partial charge in [-0.15, -0.1) is 0 Å². The number of aliphatic hydroxyl groups is 1. The Morgan fingerprint density at radius 2 is 1.83 bits per heavy atom. The summed E-state index contributed by atoms with van der Waals surface area (Å²) in [6.07, 6.45) is -0.0452. The number of benzene rings is 1. The van der Waals surface area contributed by atoms with Gasteiger partial charge in [-0.1, -0.05) is 0 Å². The van der Waals surface area contributed by atoms with E-state index in [0.29, 0.717) is 31.7 Å². The third kappa shape index (κ3) is 3.86. The van der Waals surface area contributed by atoms with Crippen molar-refractivity contribution in [1.29, 1.82) is 0 Å². The van der Waals surface area contributed by atoms with Crippen molar-refractivity contribution in [3.63, 3.8) is 0 Å². The van der Waals surface area contributed by atoms with Crippen molar-refractivity contribution in [3.8, 4) is 5.75 Å². The molecule has 1 saturated carbocycles. The molecule has 3 fully saturated rings. The minimum atomic E-state index is -1.01. The number of fused-ring (bicyclic) bond motifs is 1. The van der Waals surface area contributed by atoms with Gasteiger partial charge >= 0.3 is 6.03 Å². The SMILES string of the molecule is CC1(C)NC(=O)N(CC(=O)N2C[C@H]3C[C@@H](Oc4ccc(F)cc4)[C@H](O)C[C@H]3C2)C1=O. The predicted molar refractivity (Wildman–Crippen MR) is 104 cm³/mol. The van der Waals surface area contributed by atoms with Crippen LogP contribution in [0.3, 0.4) is 0 Å². The van der Waals surface area contributed by atoms with Crippen LogP contribution in [-0.4, -0.2) is 70.1 Å². The average molecular weight is 419 g/mol. The first-order chi connectivity index (χ1) is 14.1. The summed E-state index contributed by atoms with van der Waals surface area (Å²) in [7, 11) is 0. The number of carbonyl (C=O) groups excluding carboxylic acids is 3. The molecule has 4 amide bonds. The standard InChI is InChI=1S/C21H26FN3O5/c1-21(2)19(28)25(20(29)23-21)11-18(27)24-9-12-7-16(26)17(8-13(12)10-24)30-15-5-3-14(22)4-6-15/h3-6,12-13,16-17,26H,7-11H2,1-2H3,(H,23,29)/t12-,13+,16+,17+/m0/s1. The maximum atomic E-state index is 13.1. The van der Waals surface area contributed by atoms with Crippen LogP contribution in [-0.2, 0) is 9.59 Å². The molecular weight excluding hydrogens is 393 g/mol. The van der Waals surface area contributed by atoms with E-state index in [1.807, 2.05) is 0 Å². The number of amides is 4. The number of aliphatic hydroxyl groups excluding tert-OH is 1. The second-order valence-electron chi connectivity index (χ2n) is 8.91. The molecular formula is C21H26FN3O5. The van der Waals surface area contributed by atoms with Crippen molar-refractivity contribution in [2.75, 3.05) is 19.6 Å². The molecule has 2 saturated heterocycles. The summed E-state index contributed by atoms with van der Waals surface area (Å²) in [5.41, 5.74) is -1.01. The van der Waals surface area contributed by atoms with Gasteiger partial charge in [-0.3, -0.25) is 14.5 Å². The molecule has 0 radical (unpaired) electrons. The van der Waals surface area contributed by atoms with E-state index >= 15 is 0 Å². The number of urea groups is 1. The van der Waals surface area contributed by atoms with E-state index in [4.69, 9.17) is 4.74 Å². The molecule has 1 aromatic rings. The molecule has 2 N–H and O–H groups in total. The van der Waals surface area contributed by atoms with E-state index in [-0.39, 0.29) is 30.1 Å². The summed E-state index contributed by atoms with van der Waals surface area (Å²) in [5.74, 6) is -0.272. The normalized spacial score (nSPS) is 30.3. The van der Waals surface area contributed by atoms with E-state index in [1.165, 1.54) is 24.3 Å². The summed E-state index contributed by atoms with van der Waals surface area (Å²) >= 11 is 0. The lowest BCUT2D eigenvalue weighted by atomic mass is 9.78. The number of hydrogen-bond acceptors (Lipinski definition) is 5.